The van der Waals surface area contributed by atoms with Crippen molar-refractivity contribution in [2.24, 2.45) is 0 Å². The van der Waals surface area contributed by atoms with Crippen molar-refractivity contribution in [2.45, 2.75) is 103 Å². The third-order valence-electron chi connectivity index (χ3n) is 9.47. The number of fused-ring (bicyclic) bond motifs is 1. The van der Waals surface area contributed by atoms with Gasteiger partial charge in [-0.25, -0.2) is 42.0 Å². The van der Waals surface area contributed by atoms with Crippen LogP contribution in [0.25, 0.3) is 0 Å². The number of aromatic nitrogens is 1. The molecule has 3 heterocycles. The van der Waals surface area contributed by atoms with Crippen molar-refractivity contribution in [1.29, 1.82) is 0 Å². The Morgan fingerprint density at radius 3 is 2.09 bits per heavy atom. The number of benzene rings is 2. The predicted octanol–water partition coefficient (Wildman–Crippen LogP) is 8.58. The van der Waals surface area contributed by atoms with E-state index < -0.39 is 87.8 Å². The van der Waals surface area contributed by atoms with Gasteiger partial charge >= 0.3 is 12.3 Å². The Hall–Kier alpha value is -3.97. The first kappa shape index (κ1) is 41.2. The molecule has 0 spiro atoms. The lowest BCUT2D eigenvalue weighted by atomic mass is 9.87. The molecule has 18 heteroatoms. The molecule has 2 aliphatic rings. The lowest BCUT2D eigenvalue weighted by Gasteiger charge is -2.41. The van der Waals surface area contributed by atoms with E-state index in [9.17, 15) is 35.5 Å². The molecule has 54 heavy (non-hydrogen) atoms. The summed E-state index contributed by atoms with van der Waals surface area (Å²) >= 11 is 0. The van der Waals surface area contributed by atoms with Crippen molar-refractivity contribution in [3.63, 3.8) is 0 Å². The van der Waals surface area contributed by atoms with Gasteiger partial charge in [-0.3, -0.25) is 15.2 Å². The fourth-order valence-corrected chi connectivity index (χ4v) is 7.10. The first-order valence-electron chi connectivity index (χ1n) is 17.4. The van der Waals surface area contributed by atoms with Gasteiger partial charge < -0.3 is 4.74 Å². The van der Waals surface area contributed by atoms with Gasteiger partial charge in [0.15, 0.2) is 40.7 Å². The van der Waals surface area contributed by atoms with Crippen LogP contribution in [0.4, 0.5) is 50.0 Å². The maximum atomic E-state index is 15.7. The van der Waals surface area contributed by atoms with Gasteiger partial charge in [-0.2, -0.15) is 23.4 Å². The fourth-order valence-electron chi connectivity index (χ4n) is 7.10. The number of hydrogen-bond acceptors (Lipinski definition) is 8. The van der Waals surface area contributed by atoms with Gasteiger partial charge in [-0.05, 0) is 77.1 Å². The summed E-state index contributed by atoms with van der Waals surface area (Å²) in [7, 11) is 1.47. The molecule has 1 aromatic heterocycles. The number of anilines is 1. The van der Waals surface area contributed by atoms with Crippen LogP contribution in [0.3, 0.4) is 0 Å². The molecule has 0 radical (unpaired) electrons. The number of carbonyl (C=O) groups is 1. The van der Waals surface area contributed by atoms with E-state index in [1.807, 2.05) is 0 Å². The number of halogens is 9. The van der Waals surface area contributed by atoms with Crippen molar-refractivity contribution in [1.82, 2.24) is 31.4 Å². The molecular weight excluding hydrogens is 733 g/mol. The summed E-state index contributed by atoms with van der Waals surface area (Å²) in [6.07, 6.45) is -5.35. The van der Waals surface area contributed by atoms with Gasteiger partial charge in [-0.15, -0.1) is 0 Å². The van der Waals surface area contributed by atoms with E-state index >= 15 is 8.78 Å². The summed E-state index contributed by atoms with van der Waals surface area (Å²) in [5.74, 6) is -12.3. The minimum absolute atomic E-state index is 0.00718. The number of aryl methyl sites for hydroxylation is 1. The van der Waals surface area contributed by atoms with Crippen LogP contribution in [-0.4, -0.2) is 46.3 Å². The van der Waals surface area contributed by atoms with Gasteiger partial charge in [0.05, 0.1) is 34.7 Å². The molecular formula is C36H42F9N7O2. The Labute approximate surface area is 306 Å². The number of hydrazine groups is 3. The number of rotatable bonds is 8. The molecule has 0 bridgehead atoms. The van der Waals surface area contributed by atoms with Crippen LogP contribution in [-0.2, 0) is 10.9 Å². The number of carbonyl (C=O) groups excluding carboxylic acids is 1. The molecule has 0 aliphatic carbocycles. The second-order valence-corrected chi connectivity index (χ2v) is 14.3. The zero-order valence-electron chi connectivity index (χ0n) is 30.7. The topological polar surface area (TPSA) is 85.0 Å². The highest BCUT2D eigenvalue weighted by Gasteiger charge is 2.52. The second-order valence-electron chi connectivity index (χ2n) is 14.3. The molecule has 1 fully saturated rings. The highest BCUT2D eigenvalue weighted by molar-refractivity contribution is 5.89. The zero-order valence-corrected chi connectivity index (χ0v) is 30.7. The number of ether oxygens (including phenoxy) is 1. The van der Waals surface area contributed by atoms with Crippen LogP contribution in [0.2, 0.25) is 0 Å². The molecule has 2 aliphatic heterocycles. The quantitative estimate of drug-likeness (QED) is 0.155. The Morgan fingerprint density at radius 1 is 0.944 bits per heavy atom. The molecule has 296 valence electrons. The third kappa shape index (κ3) is 7.89. The summed E-state index contributed by atoms with van der Waals surface area (Å²) in [6, 6.07) is 2.35. The molecule has 2 aromatic carbocycles. The minimum atomic E-state index is -4.85. The van der Waals surface area contributed by atoms with Gasteiger partial charge in [-0.1, -0.05) is 26.0 Å². The van der Waals surface area contributed by atoms with E-state index in [0.29, 0.717) is 0 Å². The minimum Gasteiger partial charge on any atom is -0.443 e. The summed E-state index contributed by atoms with van der Waals surface area (Å²) in [5.41, 5.74) is 2.98. The first-order valence-corrected chi connectivity index (χ1v) is 17.4. The normalized spacial score (nSPS) is 21.2. The fraction of sp³-hybridized carbons (Fsp3) is 0.500. The van der Waals surface area contributed by atoms with Crippen LogP contribution >= 0.6 is 0 Å². The van der Waals surface area contributed by atoms with Crippen molar-refractivity contribution < 1.29 is 49.0 Å². The van der Waals surface area contributed by atoms with E-state index in [0.717, 1.165) is 42.2 Å². The summed E-state index contributed by atoms with van der Waals surface area (Å²) in [4.78, 5) is 18.9. The standard InChI is InChI=1S/C36H42F9N7O2/c1-8-21(19-12-14-23(37)30(41)28(19)39)36(48-50(7)52(49-36)26(9-2)20-13-15-24(38)31(42)29(20)40)47-25-11-10-16-51(33(53)54-34(4,5)6)27-17-22(35(43,44)45)18(3)46-32(25)27/h12-15,17,21,25-26,47-49H,8-11,16H2,1-7H3. The zero-order chi connectivity index (χ0) is 40.1. The molecule has 9 nitrogen and oxygen atoms in total. The summed E-state index contributed by atoms with van der Waals surface area (Å²) < 4.78 is 137. The van der Waals surface area contributed by atoms with Crippen LogP contribution in [0.5, 0.6) is 0 Å². The van der Waals surface area contributed by atoms with Gasteiger partial charge in [0.25, 0.3) is 0 Å². The average molecular weight is 776 g/mol. The van der Waals surface area contributed by atoms with E-state index in [1.165, 1.54) is 17.3 Å². The number of nitrogens with one attached hydrogen (secondary N) is 3. The molecule has 5 rings (SSSR count). The summed E-state index contributed by atoms with van der Waals surface area (Å²) in [6.45, 7) is 9.14. The molecule has 0 saturated carbocycles. The lowest BCUT2D eigenvalue weighted by Crippen LogP contribution is -2.66. The van der Waals surface area contributed by atoms with Crippen LogP contribution in [0.1, 0.15) is 106 Å². The molecule has 1 amide bonds. The first-order chi connectivity index (χ1) is 25.1. The van der Waals surface area contributed by atoms with Crippen molar-refractivity contribution in [3.8, 4) is 0 Å². The SMILES string of the molecule is CCC(c1ccc(F)c(F)c1F)N1NC(NC2CCCN(C(=O)OC(C)(C)C)c3cc(C(F)(F)F)c(C)nc32)(C(CC)c2ccc(F)c(F)c2F)NN1C. The number of pyridine rings is 1. The molecule has 3 N–H and O–H groups in total. The van der Waals surface area contributed by atoms with Gasteiger partial charge in [0.1, 0.15) is 5.60 Å². The maximum absolute atomic E-state index is 15.7. The highest BCUT2D eigenvalue weighted by atomic mass is 19.4. The van der Waals surface area contributed by atoms with E-state index in [-0.39, 0.29) is 54.7 Å². The average Bonchev–Trinajstić information content (AvgIpc) is 3.30. The highest BCUT2D eigenvalue weighted by Crippen LogP contribution is 2.43. The van der Waals surface area contributed by atoms with Gasteiger partial charge in [0, 0.05) is 25.1 Å². The number of alkyl halides is 3. The Balaban J connectivity index is 1.69. The van der Waals surface area contributed by atoms with Crippen LogP contribution < -0.4 is 21.1 Å². The molecule has 4 atom stereocenters. The van der Waals surface area contributed by atoms with Crippen LogP contribution in [0, 0.1) is 41.8 Å². The van der Waals surface area contributed by atoms with E-state index in [1.54, 1.807) is 34.6 Å². The lowest BCUT2D eigenvalue weighted by molar-refractivity contribution is -0.138. The monoisotopic (exact) mass is 775 g/mol. The number of amides is 1. The Bertz CT molecular complexity index is 1890. The van der Waals surface area contributed by atoms with E-state index in [4.69, 9.17) is 4.74 Å². The van der Waals surface area contributed by atoms with Crippen molar-refractivity contribution >= 4 is 11.8 Å². The second kappa shape index (κ2) is 15.3. The smallest absolute Gasteiger partial charge is 0.418 e. The number of nitrogens with zero attached hydrogens (tertiary/aromatic N) is 4. The number of hydrogen-bond donors (Lipinski definition) is 3. The largest absolute Gasteiger partial charge is 0.443 e. The van der Waals surface area contributed by atoms with E-state index in [2.05, 4.69) is 21.2 Å². The van der Waals surface area contributed by atoms with Crippen molar-refractivity contribution in [2.75, 3.05) is 18.5 Å². The van der Waals surface area contributed by atoms with Crippen LogP contribution in [0.15, 0.2) is 30.3 Å². The molecule has 1 saturated heterocycles. The molecule has 4 unspecified atom stereocenters. The third-order valence-corrected chi connectivity index (χ3v) is 9.47. The van der Waals surface area contributed by atoms with Gasteiger partial charge in [0.2, 0.25) is 0 Å². The maximum Gasteiger partial charge on any atom is 0.418 e. The molecule has 3 aromatic rings. The van der Waals surface area contributed by atoms with Crippen molar-refractivity contribution in [3.05, 3.63) is 93.3 Å². The Kier molecular flexibility index (Phi) is 11.7. The summed E-state index contributed by atoms with van der Waals surface area (Å²) in [5, 5.41) is 5.96. The predicted molar refractivity (Wildman–Crippen MR) is 180 cm³/mol. The Morgan fingerprint density at radius 2 is 1.54 bits per heavy atom.